The number of rotatable bonds is 4. The largest absolute Gasteiger partial charge is 0.481 e. The van der Waals surface area contributed by atoms with E-state index in [1.54, 1.807) is 0 Å². The highest BCUT2D eigenvalue weighted by atomic mass is 16.5. The van der Waals surface area contributed by atoms with Gasteiger partial charge in [-0.15, -0.1) is 0 Å². The highest BCUT2D eigenvalue weighted by Crippen LogP contribution is 2.16. The Morgan fingerprint density at radius 3 is 2.87 bits per heavy atom. The van der Waals surface area contributed by atoms with E-state index in [1.165, 1.54) is 13.2 Å². The van der Waals surface area contributed by atoms with Gasteiger partial charge in [0.25, 0.3) is 0 Å². The van der Waals surface area contributed by atoms with Crippen LogP contribution in [0.4, 0.5) is 0 Å². The Bertz CT molecular complexity index is 373. The number of hydrogen-bond donors (Lipinski definition) is 2. The molecule has 3 N–H and O–H groups in total. The molecule has 1 unspecified atom stereocenters. The molecule has 0 amide bonds. The first-order valence-corrected chi connectivity index (χ1v) is 4.08. The molecule has 1 aromatic rings. The minimum Gasteiger partial charge on any atom is -0.481 e. The summed E-state index contributed by atoms with van der Waals surface area (Å²) in [5, 5.41) is 12.1. The standard InChI is InChI=1S/C8H10N2O5/c1-14-8(13)5-2-6(15-10-5)4(3-9)7(11)12/h2,4H,3,9H2,1H3,(H,11,12). The number of nitrogens with zero attached hydrogens (tertiary/aromatic N) is 1. The van der Waals surface area contributed by atoms with Crippen molar-refractivity contribution in [1.82, 2.24) is 5.16 Å². The van der Waals surface area contributed by atoms with Crippen LogP contribution < -0.4 is 5.73 Å². The maximum Gasteiger partial charge on any atom is 0.360 e. The van der Waals surface area contributed by atoms with Crippen molar-refractivity contribution in [3.63, 3.8) is 0 Å². The Labute approximate surface area is 84.8 Å². The number of esters is 1. The van der Waals surface area contributed by atoms with Crippen molar-refractivity contribution in [1.29, 1.82) is 0 Å². The number of carboxylic acids is 1. The summed E-state index contributed by atoms with van der Waals surface area (Å²) in [7, 11) is 1.19. The van der Waals surface area contributed by atoms with Crippen LogP contribution in [-0.2, 0) is 9.53 Å². The molecule has 1 atom stereocenters. The predicted molar refractivity (Wildman–Crippen MR) is 47.3 cm³/mol. The number of nitrogens with two attached hydrogens (primary N) is 1. The topological polar surface area (TPSA) is 116 Å². The van der Waals surface area contributed by atoms with Crippen molar-refractivity contribution < 1.29 is 24.0 Å². The Hall–Kier alpha value is -1.89. The summed E-state index contributed by atoms with van der Waals surface area (Å²) < 4.78 is 9.07. The first-order chi connectivity index (χ1) is 7.10. The van der Waals surface area contributed by atoms with Gasteiger partial charge in [0.15, 0.2) is 11.5 Å². The van der Waals surface area contributed by atoms with Crippen molar-refractivity contribution in [3.8, 4) is 0 Å². The molecule has 7 nitrogen and oxygen atoms in total. The summed E-state index contributed by atoms with van der Waals surface area (Å²) in [6.07, 6.45) is 0. The number of carbonyl (C=O) groups is 2. The summed E-state index contributed by atoms with van der Waals surface area (Å²) in [5.74, 6) is -2.79. The number of carboxylic acid groups (broad SMARTS) is 1. The number of aliphatic carboxylic acids is 1. The summed E-state index contributed by atoms with van der Waals surface area (Å²) in [5.41, 5.74) is 5.16. The summed E-state index contributed by atoms with van der Waals surface area (Å²) in [4.78, 5) is 21.7. The molecule has 82 valence electrons. The summed E-state index contributed by atoms with van der Waals surface area (Å²) in [6.45, 7) is -0.134. The van der Waals surface area contributed by atoms with Gasteiger partial charge in [0.1, 0.15) is 5.92 Å². The zero-order valence-corrected chi connectivity index (χ0v) is 7.97. The molecule has 0 saturated heterocycles. The molecule has 0 aliphatic rings. The lowest BCUT2D eigenvalue weighted by molar-refractivity contribution is -0.139. The average Bonchev–Trinajstić information content (AvgIpc) is 2.66. The molecule has 1 rings (SSSR count). The Morgan fingerprint density at radius 2 is 2.40 bits per heavy atom. The van der Waals surface area contributed by atoms with E-state index in [2.05, 4.69) is 9.89 Å². The second-order valence-electron chi connectivity index (χ2n) is 2.73. The molecule has 0 bridgehead atoms. The Kier molecular flexibility index (Phi) is 3.40. The molecule has 0 aromatic carbocycles. The molecule has 1 aromatic heterocycles. The predicted octanol–water partition coefficient (Wildman–Crippen LogP) is -0.412. The highest BCUT2D eigenvalue weighted by Gasteiger charge is 2.24. The van der Waals surface area contributed by atoms with E-state index < -0.39 is 17.9 Å². The van der Waals surface area contributed by atoms with Crippen LogP contribution in [0.5, 0.6) is 0 Å². The third kappa shape index (κ3) is 2.32. The smallest absolute Gasteiger partial charge is 0.360 e. The minimum atomic E-state index is -1.13. The van der Waals surface area contributed by atoms with Gasteiger partial charge in [-0.25, -0.2) is 4.79 Å². The van der Waals surface area contributed by atoms with Gasteiger partial charge in [-0.3, -0.25) is 4.79 Å². The van der Waals surface area contributed by atoms with Gasteiger partial charge >= 0.3 is 11.9 Å². The van der Waals surface area contributed by atoms with Crippen LogP contribution in [0.25, 0.3) is 0 Å². The van der Waals surface area contributed by atoms with Crippen molar-refractivity contribution in [2.75, 3.05) is 13.7 Å². The Balaban J connectivity index is 2.92. The SMILES string of the molecule is COC(=O)c1cc(C(CN)C(=O)O)on1. The normalized spacial score (nSPS) is 12.1. The summed E-state index contributed by atoms with van der Waals surface area (Å²) >= 11 is 0. The molecular formula is C8H10N2O5. The fourth-order valence-electron chi connectivity index (χ4n) is 0.993. The van der Waals surface area contributed by atoms with Crippen molar-refractivity contribution in [2.45, 2.75) is 5.92 Å². The first-order valence-electron chi connectivity index (χ1n) is 4.08. The van der Waals surface area contributed by atoms with Gasteiger partial charge in [-0.05, 0) is 0 Å². The molecule has 0 aliphatic heterocycles. The van der Waals surface area contributed by atoms with E-state index in [9.17, 15) is 9.59 Å². The third-order valence-electron chi connectivity index (χ3n) is 1.80. The maximum atomic E-state index is 11.0. The van der Waals surface area contributed by atoms with Gasteiger partial charge in [-0.1, -0.05) is 5.16 Å². The highest BCUT2D eigenvalue weighted by molar-refractivity contribution is 5.87. The Morgan fingerprint density at radius 1 is 1.73 bits per heavy atom. The first kappa shape index (κ1) is 11.2. The van der Waals surface area contributed by atoms with Gasteiger partial charge in [0.05, 0.1) is 7.11 Å². The van der Waals surface area contributed by atoms with Crippen LogP contribution in [0, 0.1) is 0 Å². The second kappa shape index (κ2) is 4.56. The molecule has 0 spiro atoms. The fraction of sp³-hybridized carbons (Fsp3) is 0.375. The fourth-order valence-corrected chi connectivity index (χ4v) is 0.993. The number of methoxy groups -OCH3 is 1. The molecule has 15 heavy (non-hydrogen) atoms. The van der Waals surface area contributed by atoms with Crippen LogP contribution in [-0.4, -0.2) is 35.9 Å². The number of carbonyl (C=O) groups excluding carboxylic acids is 1. The molecule has 0 aliphatic carbocycles. The maximum absolute atomic E-state index is 11.0. The average molecular weight is 214 g/mol. The monoisotopic (exact) mass is 214 g/mol. The van der Waals surface area contributed by atoms with E-state index in [4.69, 9.17) is 15.4 Å². The van der Waals surface area contributed by atoms with Crippen molar-refractivity contribution in [3.05, 3.63) is 17.5 Å². The van der Waals surface area contributed by atoms with Gasteiger partial charge in [-0.2, -0.15) is 0 Å². The third-order valence-corrected chi connectivity index (χ3v) is 1.80. The van der Waals surface area contributed by atoms with Crippen LogP contribution in [0.3, 0.4) is 0 Å². The molecule has 7 heteroatoms. The molecule has 1 heterocycles. The molecule has 0 fully saturated rings. The van der Waals surface area contributed by atoms with Crippen molar-refractivity contribution >= 4 is 11.9 Å². The van der Waals surface area contributed by atoms with Crippen molar-refractivity contribution in [2.24, 2.45) is 5.73 Å². The molecular weight excluding hydrogens is 204 g/mol. The van der Waals surface area contributed by atoms with Gasteiger partial charge in [0.2, 0.25) is 0 Å². The van der Waals surface area contributed by atoms with E-state index >= 15 is 0 Å². The zero-order valence-electron chi connectivity index (χ0n) is 7.97. The number of hydrogen-bond acceptors (Lipinski definition) is 6. The quantitative estimate of drug-likeness (QED) is 0.654. The van der Waals surface area contributed by atoms with E-state index in [0.717, 1.165) is 0 Å². The van der Waals surface area contributed by atoms with Gasteiger partial charge in [0, 0.05) is 12.6 Å². The van der Waals surface area contributed by atoms with E-state index in [-0.39, 0.29) is 18.0 Å². The lowest BCUT2D eigenvalue weighted by atomic mass is 10.1. The van der Waals surface area contributed by atoms with Crippen LogP contribution in [0.1, 0.15) is 22.2 Å². The van der Waals surface area contributed by atoms with Crippen LogP contribution in [0.15, 0.2) is 10.6 Å². The zero-order chi connectivity index (χ0) is 11.4. The number of aromatic nitrogens is 1. The summed E-state index contributed by atoms with van der Waals surface area (Å²) in [6, 6.07) is 1.21. The van der Waals surface area contributed by atoms with E-state index in [0.29, 0.717) is 0 Å². The lowest BCUT2D eigenvalue weighted by Gasteiger charge is -2.02. The van der Waals surface area contributed by atoms with E-state index in [1.807, 2.05) is 0 Å². The number of ether oxygens (including phenoxy) is 1. The molecule has 0 radical (unpaired) electrons. The van der Waals surface area contributed by atoms with Gasteiger partial charge < -0.3 is 20.1 Å². The van der Waals surface area contributed by atoms with Crippen LogP contribution >= 0.6 is 0 Å². The second-order valence-corrected chi connectivity index (χ2v) is 2.73. The van der Waals surface area contributed by atoms with Crippen LogP contribution in [0.2, 0.25) is 0 Å². The minimum absolute atomic E-state index is 0.0328. The molecule has 0 saturated carbocycles. The lowest BCUT2D eigenvalue weighted by Crippen LogP contribution is -2.20.